The molecule has 51 heavy (non-hydrogen) atoms. The number of hydrogen-bond acceptors (Lipinski definition) is 7. The third-order valence-electron chi connectivity index (χ3n) is 9.65. The first-order valence-corrected chi connectivity index (χ1v) is 16.5. The van der Waals surface area contributed by atoms with E-state index in [0.29, 0.717) is 61.6 Å². The minimum Gasteiger partial charge on any atom is -0.481 e. The van der Waals surface area contributed by atoms with E-state index in [2.05, 4.69) is 28.4 Å². The summed E-state index contributed by atoms with van der Waals surface area (Å²) in [4.78, 5) is 66.5. The number of aliphatic carboxylic acids is 3. The molecule has 6 N–H and O–H groups in total. The van der Waals surface area contributed by atoms with Gasteiger partial charge in [-0.25, -0.2) is 9.97 Å². The molecule has 2 aliphatic rings. The number of allylic oxidation sites excluding steroid dienone is 5. The fraction of sp³-hybridized carbons (Fsp3) is 0.282. The summed E-state index contributed by atoms with van der Waals surface area (Å²) in [6.45, 7) is 15.5. The van der Waals surface area contributed by atoms with Crippen molar-refractivity contribution in [3.8, 4) is 0 Å². The van der Waals surface area contributed by atoms with Crippen LogP contribution in [-0.2, 0) is 20.8 Å². The zero-order valence-electron chi connectivity index (χ0n) is 29.3. The van der Waals surface area contributed by atoms with E-state index in [0.717, 1.165) is 27.8 Å². The Balaban J connectivity index is 2.03. The number of Topliss-reactive ketones (excluding diaryl/α,β-unsaturated/α-hetero) is 1. The summed E-state index contributed by atoms with van der Waals surface area (Å²) in [5.74, 6) is -3.53. The van der Waals surface area contributed by atoms with Crippen molar-refractivity contribution < 1.29 is 34.5 Å². The predicted octanol–water partition coefficient (Wildman–Crippen LogP) is 6.75. The quantitative estimate of drug-likeness (QED) is 0.104. The Morgan fingerprint density at radius 3 is 2.02 bits per heavy atom. The summed E-state index contributed by atoms with van der Waals surface area (Å²) >= 11 is 0. The van der Waals surface area contributed by atoms with Gasteiger partial charge < -0.3 is 30.6 Å². The molecular weight excluding hydrogens is 650 g/mol. The number of carbonyl (C=O) groups excluding carboxylic acids is 1. The molecule has 5 heterocycles. The molecule has 1 atom stereocenters. The molecular formula is C39H41N5O7. The van der Waals surface area contributed by atoms with Crippen molar-refractivity contribution in [3.63, 3.8) is 0 Å². The molecule has 12 heteroatoms. The van der Waals surface area contributed by atoms with Gasteiger partial charge in [0.15, 0.2) is 5.78 Å². The number of ketones is 1. The molecule has 0 fully saturated rings. The third kappa shape index (κ3) is 6.95. The summed E-state index contributed by atoms with van der Waals surface area (Å²) in [6, 6.07) is 4.41. The molecule has 0 saturated carbocycles. The van der Waals surface area contributed by atoms with E-state index in [1.54, 1.807) is 12.2 Å². The molecule has 0 amide bonds. The van der Waals surface area contributed by atoms with Gasteiger partial charge in [-0.15, -0.1) is 0 Å². The fourth-order valence-electron chi connectivity index (χ4n) is 6.80. The number of likely N-dealkylation sites (N-methyl/N-ethyl adjacent to an activating group) is 1. The van der Waals surface area contributed by atoms with Gasteiger partial charge in [-0.2, -0.15) is 0 Å². The number of carboxylic acids is 3. The van der Waals surface area contributed by atoms with Gasteiger partial charge in [0.05, 0.1) is 46.3 Å². The van der Waals surface area contributed by atoms with Crippen LogP contribution in [0.3, 0.4) is 0 Å². The van der Waals surface area contributed by atoms with Gasteiger partial charge >= 0.3 is 17.9 Å². The van der Waals surface area contributed by atoms with Crippen LogP contribution in [-0.4, -0.2) is 72.0 Å². The Labute approximate surface area is 294 Å². The highest BCUT2D eigenvalue weighted by molar-refractivity contribution is 6.14. The average molecular weight is 692 g/mol. The second-order valence-corrected chi connectivity index (χ2v) is 12.7. The molecule has 8 bridgehead atoms. The maximum Gasteiger partial charge on any atom is 0.305 e. The fourth-order valence-corrected chi connectivity index (χ4v) is 6.80. The first-order valence-electron chi connectivity index (χ1n) is 16.5. The first kappa shape index (κ1) is 36.4. The summed E-state index contributed by atoms with van der Waals surface area (Å²) in [5, 5.41) is 31.7. The molecule has 0 unspecified atom stereocenters. The van der Waals surface area contributed by atoms with Crippen molar-refractivity contribution in [2.24, 2.45) is 0 Å². The van der Waals surface area contributed by atoms with E-state index >= 15 is 0 Å². The van der Waals surface area contributed by atoms with Gasteiger partial charge in [-0.3, -0.25) is 19.2 Å². The van der Waals surface area contributed by atoms with Crippen molar-refractivity contribution in [3.05, 3.63) is 88.0 Å². The number of fused-ring (bicyclic) bond motifs is 8. The van der Waals surface area contributed by atoms with E-state index in [1.807, 2.05) is 45.9 Å². The number of nitrogens with one attached hydrogen (secondary N) is 3. The maximum atomic E-state index is 14.5. The third-order valence-corrected chi connectivity index (χ3v) is 9.65. The Kier molecular flexibility index (Phi) is 10.4. The van der Waals surface area contributed by atoms with Crippen molar-refractivity contribution in [1.82, 2.24) is 25.3 Å². The SMILES string of the molecule is C=CC1=C(C)c2nc1cc1[nH]c(cc3nc(cc4[nH]c(c(C=C)c4C)c2C(=O)[C@H](CC(=O)O)NC)C(C)=C3CCC(=O)O)c(CCC(=O)O)c1C. The highest BCUT2D eigenvalue weighted by atomic mass is 16.4. The molecule has 0 saturated heterocycles. The van der Waals surface area contributed by atoms with E-state index < -0.39 is 36.2 Å². The highest BCUT2D eigenvalue weighted by Crippen LogP contribution is 2.38. The minimum atomic E-state index is -1.15. The van der Waals surface area contributed by atoms with Crippen LogP contribution >= 0.6 is 0 Å². The lowest BCUT2D eigenvalue weighted by Gasteiger charge is -2.15. The van der Waals surface area contributed by atoms with Crippen molar-refractivity contribution >= 4 is 74.1 Å². The molecule has 0 spiro atoms. The number of carbonyl (C=O) groups is 4. The second-order valence-electron chi connectivity index (χ2n) is 12.7. The highest BCUT2D eigenvalue weighted by Gasteiger charge is 2.30. The van der Waals surface area contributed by atoms with E-state index in [9.17, 15) is 34.5 Å². The number of rotatable bonds is 13. The van der Waals surface area contributed by atoms with E-state index in [4.69, 9.17) is 9.97 Å². The van der Waals surface area contributed by atoms with E-state index in [1.165, 1.54) is 7.05 Å². The van der Waals surface area contributed by atoms with Crippen LogP contribution in [0.25, 0.3) is 50.4 Å². The van der Waals surface area contributed by atoms with Gasteiger partial charge in [0.1, 0.15) is 0 Å². The Morgan fingerprint density at radius 2 is 1.41 bits per heavy atom. The van der Waals surface area contributed by atoms with Crippen LogP contribution in [0.4, 0.5) is 0 Å². The van der Waals surface area contributed by atoms with Crippen LogP contribution in [0.1, 0.15) is 94.9 Å². The normalized spacial score (nSPS) is 13.4. The molecule has 3 aromatic rings. The number of aromatic amines is 2. The molecule has 12 nitrogen and oxygen atoms in total. The number of H-pyrrole nitrogens is 2. The Bertz CT molecular complexity index is 2270. The largest absolute Gasteiger partial charge is 0.481 e. The predicted molar refractivity (Wildman–Crippen MR) is 198 cm³/mol. The van der Waals surface area contributed by atoms with Crippen LogP contribution in [0.15, 0.2) is 37.4 Å². The van der Waals surface area contributed by atoms with Gasteiger partial charge in [-0.05, 0) is 99.2 Å². The molecule has 264 valence electrons. The summed E-state index contributed by atoms with van der Waals surface area (Å²) in [7, 11) is 1.53. The molecule has 2 aliphatic heterocycles. The number of hydrogen-bond donors (Lipinski definition) is 6. The lowest BCUT2D eigenvalue weighted by Crippen LogP contribution is -2.36. The number of carboxylic acid groups (broad SMARTS) is 3. The lowest BCUT2D eigenvalue weighted by atomic mass is 9.94. The number of nitrogens with zero attached hydrogens (tertiary/aromatic N) is 2. The summed E-state index contributed by atoms with van der Waals surface area (Å²) < 4.78 is 0. The minimum absolute atomic E-state index is 0.115. The van der Waals surface area contributed by atoms with Crippen LogP contribution in [0, 0.1) is 13.8 Å². The van der Waals surface area contributed by atoms with Gasteiger partial charge in [0, 0.05) is 40.5 Å². The first-order chi connectivity index (χ1) is 24.2. The van der Waals surface area contributed by atoms with Gasteiger partial charge in [-0.1, -0.05) is 25.3 Å². The number of aromatic nitrogens is 4. The standard InChI is InChI=1S/C39H41N5O7/c1-8-22-21(6)37-36(39(51)32(40-7)17-35(49)50)38-23(9-2)18(3)28(43-38)14-26-19(4)24(10-12-33(45)46)30(41-26)16-31-25(11-13-34(47)48)20(5)27(42-31)15-29(22)44-37/h8-9,14-16,32,40,42-43H,1-2,10-13,17H2,3-7H3,(H,45,46)(H,47,48)(H,49,50)/t32-/m0/s1. The van der Waals surface area contributed by atoms with Crippen LogP contribution in [0.5, 0.6) is 0 Å². The Hall–Kier alpha value is -5.88. The maximum absolute atomic E-state index is 14.5. The molecule has 3 aromatic heterocycles. The second kappa shape index (κ2) is 14.5. The van der Waals surface area contributed by atoms with Crippen molar-refractivity contribution in [2.45, 2.75) is 65.8 Å². The molecule has 0 aliphatic carbocycles. The van der Waals surface area contributed by atoms with Crippen LogP contribution < -0.4 is 5.32 Å². The number of aryl methyl sites for hydroxylation is 3. The molecule has 5 rings (SSSR count). The topological polar surface area (TPSA) is 198 Å². The monoisotopic (exact) mass is 691 g/mol. The van der Waals surface area contributed by atoms with Crippen LogP contribution in [0.2, 0.25) is 0 Å². The van der Waals surface area contributed by atoms with E-state index in [-0.39, 0.29) is 31.2 Å². The van der Waals surface area contributed by atoms with Crippen molar-refractivity contribution in [1.29, 1.82) is 0 Å². The smallest absolute Gasteiger partial charge is 0.305 e. The zero-order chi connectivity index (χ0) is 37.3. The van der Waals surface area contributed by atoms with Crippen molar-refractivity contribution in [2.75, 3.05) is 7.05 Å². The average Bonchev–Trinajstić information content (AvgIpc) is 3.74. The molecule has 0 aromatic carbocycles. The summed E-state index contributed by atoms with van der Waals surface area (Å²) in [6.07, 6.45) is 3.03. The Morgan fingerprint density at radius 1 is 0.784 bits per heavy atom. The van der Waals surface area contributed by atoms with Gasteiger partial charge in [0.2, 0.25) is 0 Å². The summed E-state index contributed by atoms with van der Waals surface area (Å²) in [5.41, 5.74) is 10.2. The van der Waals surface area contributed by atoms with Gasteiger partial charge in [0.25, 0.3) is 0 Å². The molecule has 0 radical (unpaired) electrons. The zero-order valence-corrected chi connectivity index (χ0v) is 29.3. The lowest BCUT2D eigenvalue weighted by molar-refractivity contribution is -0.138.